The molecule has 1 N–H and O–H groups in total. The number of urea groups is 1. The molecule has 0 aromatic heterocycles. The number of nitrogens with zero attached hydrogens (tertiary/aromatic N) is 3. The number of carbonyl (C=O) groups is 3. The summed E-state index contributed by atoms with van der Waals surface area (Å²) in [5.41, 5.74) is 1.66. The van der Waals surface area contributed by atoms with Crippen molar-refractivity contribution in [3.8, 4) is 0 Å². The fourth-order valence-electron chi connectivity index (χ4n) is 4.24. The first-order valence-electron chi connectivity index (χ1n) is 10.7. The van der Waals surface area contributed by atoms with Gasteiger partial charge in [-0.05, 0) is 42.7 Å². The summed E-state index contributed by atoms with van der Waals surface area (Å²) in [6, 6.07) is 13.0. The van der Waals surface area contributed by atoms with Crippen LogP contribution in [-0.4, -0.2) is 65.3 Å². The van der Waals surface area contributed by atoms with Crippen molar-refractivity contribution in [3.63, 3.8) is 0 Å². The van der Waals surface area contributed by atoms with E-state index in [0.717, 1.165) is 24.5 Å². The zero-order valence-corrected chi connectivity index (χ0v) is 18.3. The lowest BCUT2D eigenvalue weighted by Gasteiger charge is -2.35. The predicted molar refractivity (Wildman–Crippen MR) is 117 cm³/mol. The minimum Gasteiger partial charge on any atom is -0.339 e. The van der Waals surface area contributed by atoms with Crippen LogP contribution in [0.2, 0.25) is 0 Å². The quantitative estimate of drug-likeness (QED) is 0.727. The molecule has 2 fully saturated rings. The van der Waals surface area contributed by atoms with Gasteiger partial charge in [0.05, 0.1) is 0 Å². The van der Waals surface area contributed by atoms with E-state index in [-0.39, 0.29) is 12.5 Å². The molecule has 2 heterocycles. The summed E-state index contributed by atoms with van der Waals surface area (Å²) in [4.78, 5) is 43.3. The molecule has 8 heteroatoms. The van der Waals surface area contributed by atoms with Gasteiger partial charge in [0.1, 0.15) is 17.9 Å². The summed E-state index contributed by atoms with van der Waals surface area (Å²) in [6.07, 6.45) is 0. The number of hydrogen-bond acceptors (Lipinski definition) is 4. The molecule has 0 saturated carbocycles. The van der Waals surface area contributed by atoms with Crippen LogP contribution in [0, 0.1) is 12.7 Å². The van der Waals surface area contributed by atoms with Crippen LogP contribution in [0.15, 0.2) is 48.5 Å². The Morgan fingerprint density at radius 1 is 1.03 bits per heavy atom. The summed E-state index contributed by atoms with van der Waals surface area (Å²) >= 11 is 0. The van der Waals surface area contributed by atoms with E-state index in [1.165, 1.54) is 35.4 Å². The highest BCUT2D eigenvalue weighted by atomic mass is 19.1. The highest BCUT2D eigenvalue weighted by molar-refractivity contribution is 6.09. The Bertz CT molecular complexity index is 1030. The highest BCUT2D eigenvalue weighted by Crippen LogP contribution is 2.29. The molecule has 0 bridgehead atoms. The lowest BCUT2D eigenvalue weighted by Crippen LogP contribution is -2.51. The molecule has 4 rings (SSSR count). The van der Waals surface area contributed by atoms with Crippen LogP contribution in [0.5, 0.6) is 0 Å². The fourth-order valence-corrected chi connectivity index (χ4v) is 4.24. The van der Waals surface area contributed by atoms with E-state index < -0.39 is 23.3 Å². The molecule has 2 saturated heterocycles. The summed E-state index contributed by atoms with van der Waals surface area (Å²) in [5.74, 6) is -1.20. The van der Waals surface area contributed by atoms with Crippen molar-refractivity contribution in [2.45, 2.75) is 25.9 Å². The summed E-state index contributed by atoms with van der Waals surface area (Å²) in [6.45, 7) is 6.73. The average Bonchev–Trinajstić information content (AvgIpc) is 3.00. The minimum atomic E-state index is -1.32. The van der Waals surface area contributed by atoms with E-state index in [9.17, 15) is 18.8 Å². The number of carbonyl (C=O) groups excluding carboxylic acids is 3. The molecule has 4 amide bonds. The van der Waals surface area contributed by atoms with E-state index in [2.05, 4.69) is 29.3 Å². The van der Waals surface area contributed by atoms with E-state index in [1.807, 2.05) is 12.1 Å². The molecule has 0 aliphatic carbocycles. The SMILES string of the molecule is Cc1ccccc1CN1CCN(C(=O)CN2C(=O)NC(C)(c3ccc(F)cc3)C2=O)CC1. The Hall–Kier alpha value is -3.26. The maximum atomic E-state index is 13.3. The Morgan fingerprint density at radius 2 is 1.69 bits per heavy atom. The molecule has 7 nitrogen and oxygen atoms in total. The molecule has 2 aliphatic rings. The molecule has 1 unspecified atom stereocenters. The van der Waals surface area contributed by atoms with Gasteiger partial charge in [-0.15, -0.1) is 0 Å². The molecular weight excluding hydrogens is 411 g/mol. The van der Waals surface area contributed by atoms with Crippen molar-refractivity contribution in [2.24, 2.45) is 0 Å². The van der Waals surface area contributed by atoms with Gasteiger partial charge in [-0.25, -0.2) is 9.18 Å². The molecule has 2 aromatic rings. The third-order valence-corrected chi connectivity index (χ3v) is 6.37. The number of amides is 4. The second-order valence-electron chi connectivity index (χ2n) is 8.54. The van der Waals surface area contributed by atoms with Gasteiger partial charge in [-0.3, -0.25) is 19.4 Å². The second-order valence-corrected chi connectivity index (χ2v) is 8.54. The Morgan fingerprint density at radius 3 is 2.34 bits per heavy atom. The maximum Gasteiger partial charge on any atom is 0.325 e. The summed E-state index contributed by atoms with van der Waals surface area (Å²) in [5, 5.41) is 2.65. The van der Waals surface area contributed by atoms with Crippen LogP contribution < -0.4 is 5.32 Å². The monoisotopic (exact) mass is 438 g/mol. The van der Waals surface area contributed by atoms with Gasteiger partial charge in [0.25, 0.3) is 5.91 Å². The van der Waals surface area contributed by atoms with E-state index in [0.29, 0.717) is 18.7 Å². The lowest BCUT2D eigenvalue weighted by atomic mass is 9.92. The van der Waals surface area contributed by atoms with Crippen molar-refractivity contribution in [1.82, 2.24) is 20.0 Å². The average molecular weight is 439 g/mol. The highest BCUT2D eigenvalue weighted by Gasteiger charge is 2.49. The van der Waals surface area contributed by atoms with Crippen LogP contribution in [0.25, 0.3) is 0 Å². The van der Waals surface area contributed by atoms with Crippen molar-refractivity contribution in [2.75, 3.05) is 32.7 Å². The number of rotatable bonds is 5. The molecule has 2 aliphatic heterocycles. The second kappa shape index (κ2) is 8.70. The zero-order chi connectivity index (χ0) is 22.9. The number of hydrogen-bond donors (Lipinski definition) is 1. The predicted octanol–water partition coefficient (Wildman–Crippen LogP) is 2.25. The van der Waals surface area contributed by atoms with Gasteiger partial charge in [0.2, 0.25) is 5.91 Å². The van der Waals surface area contributed by atoms with Gasteiger partial charge in [0.15, 0.2) is 0 Å². The van der Waals surface area contributed by atoms with Gasteiger partial charge < -0.3 is 10.2 Å². The van der Waals surface area contributed by atoms with Crippen LogP contribution in [0.1, 0.15) is 23.6 Å². The van der Waals surface area contributed by atoms with Crippen LogP contribution in [-0.2, 0) is 21.7 Å². The Labute approximate surface area is 186 Å². The lowest BCUT2D eigenvalue weighted by molar-refractivity contribution is -0.139. The van der Waals surface area contributed by atoms with Gasteiger partial charge in [-0.1, -0.05) is 36.4 Å². The number of aryl methyl sites for hydroxylation is 1. The number of benzene rings is 2. The van der Waals surface area contributed by atoms with Crippen LogP contribution in [0.4, 0.5) is 9.18 Å². The van der Waals surface area contributed by atoms with Crippen molar-refractivity contribution >= 4 is 17.8 Å². The van der Waals surface area contributed by atoms with Crippen molar-refractivity contribution in [3.05, 3.63) is 71.0 Å². The topological polar surface area (TPSA) is 73.0 Å². The van der Waals surface area contributed by atoms with E-state index in [4.69, 9.17) is 0 Å². The first kappa shape index (κ1) is 22.0. The smallest absolute Gasteiger partial charge is 0.325 e. The fraction of sp³-hybridized carbons (Fsp3) is 0.375. The third-order valence-electron chi connectivity index (χ3n) is 6.37. The molecule has 32 heavy (non-hydrogen) atoms. The molecule has 0 radical (unpaired) electrons. The normalized spacial score (nSPS) is 21.7. The molecule has 0 spiro atoms. The molecule has 1 atom stereocenters. The first-order chi connectivity index (χ1) is 15.3. The molecule has 2 aromatic carbocycles. The van der Waals surface area contributed by atoms with Gasteiger partial charge in [0, 0.05) is 32.7 Å². The summed E-state index contributed by atoms with van der Waals surface area (Å²) in [7, 11) is 0. The molecule has 168 valence electrons. The third kappa shape index (κ3) is 4.23. The Balaban J connectivity index is 1.35. The standard InChI is InChI=1S/C24H27FN4O3/c1-17-5-3-4-6-18(17)15-27-11-13-28(14-12-27)21(30)16-29-22(31)24(2,26-23(29)32)19-7-9-20(25)10-8-19/h3-10H,11-16H2,1-2H3,(H,26,32). The Kier molecular flexibility index (Phi) is 5.97. The van der Waals surface area contributed by atoms with Crippen LogP contribution >= 0.6 is 0 Å². The van der Waals surface area contributed by atoms with Gasteiger partial charge in [-0.2, -0.15) is 0 Å². The van der Waals surface area contributed by atoms with Crippen molar-refractivity contribution in [1.29, 1.82) is 0 Å². The van der Waals surface area contributed by atoms with E-state index >= 15 is 0 Å². The van der Waals surface area contributed by atoms with Crippen LogP contribution in [0.3, 0.4) is 0 Å². The zero-order valence-electron chi connectivity index (χ0n) is 18.3. The minimum absolute atomic E-state index is 0.257. The number of piperazine rings is 1. The number of nitrogens with one attached hydrogen (secondary N) is 1. The largest absolute Gasteiger partial charge is 0.339 e. The number of halogens is 1. The van der Waals surface area contributed by atoms with Gasteiger partial charge >= 0.3 is 6.03 Å². The van der Waals surface area contributed by atoms with E-state index in [1.54, 1.807) is 11.8 Å². The van der Waals surface area contributed by atoms with Crippen molar-refractivity contribution < 1.29 is 18.8 Å². The maximum absolute atomic E-state index is 13.3. The molecular formula is C24H27FN4O3. The number of imide groups is 1. The summed E-state index contributed by atoms with van der Waals surface area (Å²) < 4.78 is 13.3. The first-order valence-corrected chi connectivity index (χ1v) is 10.7.